The number of rotatable bonds is 7. The van der Waals surface area contributed by atoms with Gasteiger partial charge in [-0.2, -0.15) is 0 Å². The number of hydrogen-bond acceptors (Lipinski definition) is 4. The second-order valence-corrected chi connectivity index (χ2v) is 6.13. The molecule has 0 radical (unpaired) electrons. The van der Waals surface area contributed by atoms with Gasteiger partial charge in [0.1, 0.15) is 18.6 Å². The van der Waals surface area contributed by atoms with Gasteiger partial charge in [0.2, 0.25) is 0 Å². The van der Waals surface area contributed by atoms with Crippen LogP contribution in [0.15, 0.2) is 66.7 Å². The highest BCUT2D eigenvalue weighted by Crippen LogP contribution is 2.26. The van der Waals surface area contributed by atoms with Crippen molar-refractivity contribution in [2.45, 2.75) is 19.6 Å². The summed E-state index contributed by atoms with van der Waals surface area (Å²) in [5.41, 5.74) is 17.5. The van der Waals surface area contributed by atoms with E-state index in [1.807, 2.05) is 54.6 Å². The first-order valence-electron chi connectivity index (χ1n) is 8.53. The van der Waals surface area contributed by atoms with Crippen LogP contribution in [-0.4, -0.2) is 6.29 Å². The third kappa shape index (κ3) is 4.29. The molecule has 0 aliphatic carbocycles. The molecule has 0 bridgehead atoms. The summed E-state index contributed by atoms with van der Waals surface area (Å²) in [5.74, 6) is 0.716. The Labute approximate surface area is 153 Å². The molecule has 0 spiro atoms. The molecule has 3 aromatic carbocycles. The lowest BCUT2D eigenvalue weighted by molar-refractivity contribution is -0.107. The highest BCUT2D eigenvalue weighted by molar-refractivity contribution is 5.69. The minimum Gasteiger partial charge on any atom is -0.489 e. The monoisotopic (exact) mass is 346 g/mol. The lowest BCUT2D eigenvalue weighted by Crippen LogP contribution is -2.01. The van der Waals surface area contributed by atoms with Crippen molar-refractivity contribution in [1.29, 1.82) is 0 Å². The van der Waals surface area contributed by atoms with Gasteiger partial charge in [0, 0.05) is 24.2 Å². The number of ether oxygens (including phenoxy) is 1. The molecule has 3 aromatic rings. The normalized spacial score (nSPS) is 10.5. The molecule has 0 aromatic heterocycles. The summed E-state index contributed by atoms with van der Waals surface area (Å²) in [4.78, 5) is 10.8. The molecule has 0 saturated carbocycles. The van der Waals surface area contributed by atoms with Gasteiger partial charge in [-0.3, -0.25) is 0 Å². The number of nitrogen functional groups attached to an aromatic ring is 1. The van der Waals surface area contributed by atoms with Crippen LogP contribution in [0.5, 0.6) is 5.75 Å². The summed E-state index contributed by atoms with van der Waals surface area (Å²) in [7, 11) is 0. The van der Waals surface area contributed by atoms with Crippen LogP contribution < -0.4 is 16.2 Å². The van der Waals surface area contributed by atoms with Crippen LogP contribution in [0.3, 0.4) is 0 Å². The van der Waals surface area contributed by atoms with Crippen molar-refractivity contribution < 1.29 is 9.53 Å². The fourth-order valence-electron chi connectivity index (χ4n) is 2.91. The molecule has 132 valence electrons. The minimum absolute atomic E-state index is 0.338. The molecule has 0 unspecified atom stereocenters. The Morgan fingerprint density at radius 1 is 0.885 bits per heavy atom. The Morgan fingerprint density at radius 2 is 1.69 bits per heavy atom. The molecule has 4 nitrogen and oxygen atoms in total. The molecular formula is C22H22N2O2. The first kappa shape index (κ1) is 17.7. The highest BCUT2D eigenvalue weighted by Gasteiger charge is 2.06. The molecular weight excluding hydrogens is 324 g/mol. The van der Waals surface area contributed by atoms with E-state index < -0.39 is 0 Å². The van der Waals surface area contributed by atoms with E-state index >= 15 is 0 Å². The van der Waals surface area contributed by atoms with Gasteiger partial charge in [0.05, 0.1) is 0 Å². The molecule has 0 aliphatic heterocycles. The van der Waals surface area contributed by atoms with Crippen LogP contribution >= 0.6 is 0 Å². The second-order valence-electron chi connectivity index (χ2n) is 6.13. The van der Waals surface area contributed by atoms with Gasteiger partial charge in [0.25, 0.3) is 0 Å². The zero-order valence-electron chi connectivity index (χ0n) is 14.5. The maximum atomic E-state index is 10.8. The van der Waals surface area contributed by atoms with Crippen molar-refractivity contribution in [2.24, 2.45) is 5.73 Å². The topological polar surface area (TPSA) is 78.3 Å². The van der Waals surface area contributed by atoms with Crippen LogP contribution in [0, 0.1) is 0 Å². The molecule has 26 heavy (non-hydrogen) atoms. The van der Waals surface area contributed by atoms with E-state index in [0.717, 1.165) is 34.1 Å². The molecule has 0 fully saturated rings. The Kier molecular flexibility index (Phi) is 5.66. The zero-order chi connectivity index (χ0) is 18.4. The van der Waals surface area contributed by atoms with Crippen molar-refractivity contribution in [2.75, 3.05) is 5.73 Å². The average molecular weight is 346 g/mol. The molecule has 4 N–H and O–H groups in total. The van der Waals surface area contributed by atoms with Gasteiger partial charge in [-0.1, -0.05) is 36.4 Å². The SMILES string of the molecule is NCc1cccc(-c2cc(N)cc(COc3ccccc3CC=O)c2)c1. The first-order valence-corrected chi connectivity index (χ1v) is 8.53. The van der Waals surface area contributed by atoms with Crippen LogP contribution in [0.1, 0.15) is 16.7 Å². The van der Waals surface area contributed by atoms with Gasteiger partial charge in [-0.25, -0.2) is 0 Å². The number of benzene rings is 3. The summed E-state index contributed by atoms with van der Waals surface area (Å²) in [6.07, 6.45) is 1.22. The predicted octanol–water partition coefficient (Wildman–Crippen LogP) is 3.71. The van der Waals surface area contributed by atoms with Crippen molar-refractivity contribution in [3.8, 4) is 16.9 Å². The van der Waals surface area contributed by atoms with Crippen molar-refractivity contribution in [3.05, 3.63) is 83.4 Å². The molecule has 0 atom stereocenters. The number of nitrogens with two attached hydrogens (primary N) is 2. The summed E-state index contributed by atoms with van der Waals surface area (Å²) in [6, 6.07) is 21.6. The van der Waals surface area contributed by atoms with E-state index in [0.29, 0.717) is 31.0 Å². The van der Waals surface area contributed by atoms with E-state index in [1.165, 1.54) is 0 Å². The van der Waals surface area contributed by atoms with Gasteiger partial charge in [0.15, 0.2) is 0 Å². The van der Waals surface area contributed by atoms with Gasteiger partial charge in [-0.15, -0.1) is 0 Å². The van der Waals surface area contributed by atoms with Crippen LogP contribution in [0.25, 0.3) is 11.1 Å². The summed E-state index contributed by atoms with van der Waals surface area (Å²) >= 11 is 0. The predicted molar refractivity (Wildman–Crippen MR) is 105 cm³/mol. The Bertz CT molecular complexity index is 906. The Balaban J connectivity index is 1.83. The number of carbonyl (C=O) groups is 1. The fourth-order valence-corrected chi connectivity index (χ4v) is 2.91. The van der Waals surface area contributed by atoms with Gasteiger partial charge in [-0.05, 0) is 52.6 Å². The lowest BCUT2D eigenvalue weighted by Gasteiger charge is -2.12. The van der Waals surface area contributed by atoms with Gasteiger partial charge < -0.3 is 21.0 Å². The van der Waals surface area contributed by atoms with E-state index in [4.69, 9.17) is 16.2 Å². The quantitative estimate of drug-likeness (QED) is 0.505. The Morgan fingerprint density at radius 3 is 2.50 bits per heavy atom. The number of para-hydroxylation sites is 1. The van der Waals surface area contributed by atoms with E-state index in [1.54, 1.807) is 0 Å². The van der Waals surface area contributed by atoms with Crippen molar-refractivity contribution in [1.82, 2.24) is 0 Å². The smallest absolute Gasteiger partial charge is 0.124 e. The van der Waals surface area contributed by atoms with E-state index in [2.05, 4.69) is 12.1 Å². The number of aldehydes is 1. The van der Waals surface area contributed by atoms with E-state index in [9.17, 15) is 4.79 Å². The standard InChI is InChI=1S/C22H22N2O2/c23-14-16-4-3-6-19(10-16)20-11-17(12-21(24)13-20)15-26-22-7-2-1-5-18(22)8-9-25/h1-7,9-13H,8,14-15,23-24H2. The maximum Gasteiger partial charge on any atom is 0.124 e. The fraction of sp³-hybridized carbons (Fsp3) is 0.136. The third-order valence-corrected chi connectivity index (χ3v) is 4.18. The zero-order valence-corrected chi connectivity index (χ0v) is 14.5. The second kappa shape index (κ2) is 8.32. The number of hydrogen-bond donors (Lipinski definition) is 2. The molecule has 0 amide bonds. The molecule has 0 heterocycles. The van der Waals surface area contributed by atoms with Crippen LogP contribution in [-0.2, 0) is 24.4 Å². The van der Waals surface area contributed by atoms with Gasteiger partial charge >= 0.3 is 0 Å². The van der Waals surface area contributed by atoms with Crippen molar-refractivity contribution in [3.63, 3.8) is 0 Å². The molecule has 0 aliphatic rings. The van der Waals surface area contributed by atoms with Crippen molar-refractivity contribution >= 4 is 12.0 Å². The molecule has 4 heteroatoms. The minimum atomic E-state index is 0.338. The largest absolute Gasteiger partial charge is 0.489 e. The number of carbonyl (C=O) groups excluding carboxylic acids is 1. The third-order valence-electron chi connectivity index (χ3n) is 4.18. The summed E-state index contributed by atoms with van der Waals surface area (Å²) < 4.78 is 5.93. The average Bonchev–Trinajstić information content (AvgIpc) is 2.67. The van der Waals surface area contributed by atoms with E-state index in [-0.39, 0.29) is 0 Å². The number of anilines is 1. The summed E-state index contributed by atoms with van der Waals surface area (Å²) in [6.45, 7) is 0.879. The highest BCUT2D eigenvalue weighted by atomic mass is 16.5. The lowest BCUT2D eigenvalue weighted by atomic mass is 10.0. The maximum absolute atomic E-state index is 10.8. The molecule has 3 rings (SSSR count). The van der Waals surface area contributed by atoms with Crippen LogP contribution in [0.4, 0.5) is 5.69 Å². The summed E-state index contributed by atoms with van der Waals surface area (Å²) in [5, 5.41) is 0. The molecule has 0 saturated heterocycles. The first-order chi connectivity index (χ1) is 12.7. The van der Waals surface area contributed by atoms with Crippen LogP contribution in [0.2, 0.25) is 0 Å². The Hall–Kier alpha value is -3.11.